The van der Waals surface area contributed by atoms with Crippen LogP contribution in [0.2, 0.25) is 0 Å². The largest absolute Gasteiger partial charge is 0.481 e. The van der Waals surface area contributed by atoms with E-state index in [2.05, 4.69) is 20.5 Å². The van der Waals surface area contributed by atoms with Gasteiger partial charge in [0, 0.05) is 35.7 Å². The van der Waals surface area contributed by atoms with Crippen molar-refractivity contribution in [3.8, 4) is 17.1 Å². The van der Waals surface area contributed by atoms with Crippen molar-refractivity contribution in [3.05, 3.63) is 29.8 Å². The molecule has 12 heteroatoms. The maximum atomic E-state index is 14.4. The number of pyridine rings is 1. The number of aromatic nitrogens is 3. The van der Waals surface area contributed by atoms with Gasteiger partial charge in [-0.25, -0.2) is 9.37 Å². The molecule has 3 fully saturated rings. The van der Waals surface area contributed by atoms with E-state index in [4.69, 9.17) is 4.74 Å². The highest BCUT2D eigenvalue weighted by Crippen LogP contribution is 2.40. The molecule has 2 N–H and O–H groups in total. The Kier molecular flexibility index (Phi) is 7.32. The van der Waals surface area contributed by atoms with Crippen LogP contribution in [-0.4, -0.2) is 63.3 Å². The van der Waals surface area contributed by atoms with Gasteiger partial charge in [0.05, 0.1) is 24.9 Å². The summed E-state index contributed by atoms with van der Waals surface area (Å²) in [6, 6.07) is 2.42. The van der Waals surface area contributed by atoms with E-state index in [9.17, 15) is 27.2 Å². The molecule has 0 unspecified atom stereocenters. The Labute approximate surface area is 217 Å². The zero-order valence-corrected chi connectivity index (χ0v) is 21.1. The first-order valence-electron chi connectivity index (χ1n) is 13.1. The number of methoxy groups -OCH3 is 1. The van der Waals surface area contributed by atoms with Gasteiger partial charge in [-0.15, -0.1) is 0 Å². The minimum absolute atomic E-state index is 0.0362. The molecule has 0 aromatic carbocycles. The molecule has 206 valence electrons. The number of nitrogens with one attached hydrogen (secondary N) is 2. The van der Waals surface area contributed by atoms with Crippen LogP contribution in [0.1, 0.15) is 68.3 Å². The monoisotopic (exact) mass is 537 g/mol. The predicted octanol–water partition coefficient (Wildman–Crippen LogP) is 4.63. The van der Waals surface area contributed by atoms with E-state index < -0.39 is 17.9 Å². The van der Waals surface area contributed by atoms with E-state index in [1.165, 1.54) is 19.2 Å². The third-order valence-corrected chi connectivity index (χ3v) is 8.24. The number of rotatable bonds is 5. The van der Waals surface area contributed by atoms with Gasteiger partial charge in [-0.2, -0.15) is 18.3 Å². The number of H-pyrrole nitrogens is 1. The molecule has 0 radical (unpaired) electrons. The molecule has 3 atom stereocenters. The number of alkyl halides is 3. The zero-order valence-electron chi connectivity index (χ0n) is 21.1. The molecule has 2 aromatic rings. The van der Waals surface area contributed by atoms with Crippen molar-refractivity contribution in [3.63, 3.8) is 0 Å². The summed E-state index contributed by atoms with van der Waals surface area (Å²) in [6.45, 7) is 0. The molecular weight excluding hydrogens is 506 g/mol. The fourth-order valence-electron chi connectivity index (χ4n) is 6.25. The molecule has 3 aliphatic rings. The minimum Gasteiger partial charge on any atom is -0.481 e. The first-order chi connectivity index (χ1) is 18.1. The van der Waals surface area contributed by atoms with E-state index in [-0.39, 0.29) is 65.8 Å². The quantitative estimate of drug-likeness (QED) is 0.542. The topological polar surface area (TPSA) is 100 Å². The van der Waals surface area contributed by atoms with E-state index in [0.29, 0.717) is 31.4 Å². The number of piperidine rings is 2. The number of carbonyl (C=O) groups excluding carboxylic acids is 2. The van der Waals surface area contributed by atoms with Gasteiger partial charge in [0.2, 0.25) is 11.8 Å². The van der Waals surface area contributed by atoms with Gasteiger partial charge in [-0.1, -0.05) is 0 Å². The average molecular weight is 538 g/mol. The van der Waals surface area contributed by atoms with Crippen LogP contribution in [0.3, 0.4) is 0 Å². The molecule has 2 aliphatic heterocycles. The van der Waals surface area contributed by atoms with E-state index in [1.807, 2.05) is 4.90 Å². The van der Waals surface area contributed by atoms with Gasteiger partial charge in [-0.05, 0) is 63.9 Å². The van der Waals surface area contributed by atoms with Gasteiger partial charge >= 0.3 is 6.18 Å². The third kappa shape index (κ3) is 5.35. The molecule has 5 rings (SSSR count). The van der Waals surface area contributed by atoms with Crippen molar-refractivity contribution >= 4 is 11.8 Å². The molecule has 38 heavy (non-hydrogen) atoms. The SMILES string of the molecule is COc1cc(-c2cc(C(=O)N3[C@@H]4CCC[C@H]3C[C@H](C(=O)NC3CCC(C(F)(F)F)CC3)C4)n[nH]2)c(F)cn1. The number of aromatic amines is 1. The van der Waals surface area contributed by atoms with Crippen molar-refractivity contribution in [2.24, 2.45) is 11.8 Å². The lowest BCUT2D eigenvalue weighted by Crippen LogP contribution is -2.57. The second-order valence-electron chi connectivity index (χ2n) is 10.6. The van der Waals surface area contributed by atoms with E-state index >= 15 is 0 Å². The summed E-state index contributed by atoms with van der Waals surface area (Å²) >= 11 is 0. The molecule has 4 heterocycles. The van der Waals surface area contributed by atoms with Crippen molar-refractivity contribution in [1.29, 1.82) is 0 Å². The number of carbonyl (C=O) groups is 2. The first kappa shape index (κ1) is 26.4. The highest BCUT2D eigenvalue weighted by molar-refractivity contribution is 5.94. The summed E-state index contributed by atoms with van der Waals surface area (Å²) in [5, 5.41) is 9.86. The first-order valence-corrected chi connectivity index (χ1v) is 13.1. The average Bonchev–Trinajstić information content (AvgIpc) is 3.37. The van der Waals surface area contributed by atoms with Gasteiger partial charge in [0.25, 0.3) is 5.91 Å². The highest BCUT2D eigenvalue weighted by Gasteiger charge is 2.45. The van der Waals surface area contributed by atoms with Crippen LogP contribution in [0.4, 0.5) is 17.6 Å². The summed E-state index contributed by atoms with van der Waals surface area (Å²) in [6.07, 6.45) is 1.05. The maximum absolute atomic E-state index is 14.4. The van der Waals surface area contributed by atoms with Crippen LogP contribution in [0.15, 0.2) is 18.3 Å². The van der Waals surface area contributed by atoms with Crippen molar-refractivity contribution < 1.29 is 31.9 Å². The van der Waals surface area contributed by atoms with Crippen molar-refractivity contribution in [2.45, 2.75) is 82.1 Å². The zero-order chi connectivity index (χ0) is 27.0. The fourth-order valence-corrected chi connectivity index (χ4v) is 6.25. The van der Waals surface area contributed by atoms with Crippen LogP contribution in [0, 0.1) is 17.7 Å². The van der Waals surface area contributed by atoms with Crippen molar-refractivity contribution in [2.75, 3.05) is 7.11 Å². The second-order valence-corrected chi connectivity index (χ2v) is 10.6. The Morgan fingerprint density at radius 1 is 1.08 bits per heavy atom. The summed E-state index contributed by atoms with van der Waals surface area (Å²) < 4.78 is 58.3. The minimum atomic E-state index is -4.18. The van der Waals surface area contributed by atoms with Crippen LogP contribution in [0.25, 0.3) is 11.3 Å². The Bertz CT molecular complexity index is 1160. The lowest BCUT2D eigenvalue weighted by Gasteiger charge is -2.48. The number of hydrogen-bond donors (Lipinski definition) is 2. The number of ether oxygens (including phenoxy) is 1. The smallest absolute Gasteiger partial charge is 0.391 e. The predicted molar refractivity (Wildman–Crippen MR) is 129 cm³/mol. The number of nitrogens with zero attached hydrogens (tertiary/aromatic N) is 3. The lowest BCUT2D eigenvalue weighted by atomic mass is 9.77. The molecule has 0 spiro atoms. The van der Waals surface area contributed by atoms with Gasteiger partial charge in [0.15, 0.2) is 11.5 Å². The van der Waals surface area contributed by atoms with E-state index in [0.717, 1.165) is 25.5 Å². The molecule has 2 amide bonds. The molecular formula is C26H31F4N5O3. The highest BCUT2D eigenvalue weighted by atomic mass is 19.4. The summed E-state index contributed by atoms with van der Waals surface area (Å²) in [7, 11) is 1.42. The van der Waals surface area contributed by atoms with Crippen LogP contribution in [0.5, 0.6) is 5.88 Å². The standard InChI is InChI=1S/C26H31F4N5O3/c1-38-23-11-19(20(27)13-31-23)21-12-22(34-33-21)25(37)35-17-3-2-4-18(35)10-14(9-17)24(36)32-16-7-5-15(6-8-16)26(28,29)30/h11-18H,2-10H2,1H3,(H,32,36)(H,33,34)/t14-,15?,16?,17-,18+. The molecule has 8 nitrogen and oxygen atoms in total. The van der Waals surface area contributed by atoms with Gasteiger partial charge in [-0.3, -0.25) is 14.7 Å². The normalized spacial score (nSPS) is 27.6. The summed E-state index contributed by atoms with van der Waals surface area (Å²) in [5.74, 6) is -2.33. The van der Waals surface area contributed by atoms with Crippen LogP contribution in [-0.2, 0) is 4.79 Å². The Morgan fingerprint density at radius 3 is 2.39 bits per heavy atom. The number of fused-ring (bicyclic) bond motifs is 2. The molecule has 2 saturated heterocycles. The Morgan fingerprint density at radius 2 is 1.76 bits per heavy atom. The second kappa shape index (κ2) is 10.5. The summed E-state index contributed by atoms with van der Waals surface area (Å²) in [5.41, 5.74) is 0.672. The molecule has 2 bridgehead atoms. The molecule has 1 aliphatic carbocycles. The van der Waals surface area contributed by atoms with Gasteiger partial charge < -0.3 is 15.0 Å². The number of halogens is 4. The maximum Gasteiger partial charge on any atom is 0.391 e. The molecule has 1 saturated carbocycles. The number of amides is 2. The van der Waals surface area contributed by atoms with Gasteiger partial charge in [0.1, 0.15) is 0 Å². The van der Waals surface area contributed by atoms with E-state index in [1.54, 1.807) is 0 Å². The number of hydrogen-bond acceptors (Lipinski definition) is 5. The van der Waals surface area contributed by atoms with Crippen LogP contribution >= 0.6 is 0 Å². The van der Waals surface area contributed by atoms with Crippen LogP contribution < -0.4 is 10.1 Å². The lowest BCUT2D eigenvalue weighted by molar-refractivity contribution is -0.182. The molecule has 2 aromatic heterocycles. The Balaban J connectivity index is 1.23. The fraction of sp³-hybridized carbons (Fsp3) is 0.615. The third-order valence-electron chi connectivity index (χ3n) is 8.24. The summed E-state index contributed by atoms with van der Waals surface area (Å²) in [4.78, 5) is 32.2. The Hall–Kier alpha value is -3.18. The van der Waals surface area contributed by atoms with Crippen molar-refractivity contribution in [1.82, 2.24) is 25.4 Å².